The van der Waals surface area contributed by atoms with E-state index >= 15 is 0 Å². The van der Waals surface area contributed by atoms with E-state index < -0.39 is 17.5 Å². The third kappa shape index (κ3) is 3.31. The van der Waals surface area contributed by atoms with E-state index in [2.05, 4.69) is 0 Å². The molecule has 1 amide bonds. The summed E-state index contributed by atoms with van der Waals surface area (Å²) in [5.74, 6) is -1.80. The fourth-order valence-corrected chi connectivity index (χ4v) is 2.13. The summed E-state index contributed by atoms with van der Waals surface area (Å²) in [4.78, 5) is 13.4. The fourth-order valence-electron chi connectivity index (χ4n) is 1.90. The van der Waals surface area contributed by atoms with Crippen molar-refractivity contribution in [2.75, 3.05) is 12.8 Å². The summed E-state index contributed by atoms with van der Waals surface area (Å²) in [6, 6.07) is 7.98. The molecular weight excluding hydrogens is 298 g/mol. The molecule has 2 rings (SSSR count). The van der Waals surface area contributed by atoms with Crippen molar-refractivity contribution < 1.29 is 13.6 Å². The summed E-state index contributed by atoms with van der Waals surface area (Å²) in [7, 11) is 1.44. The van der Waals surface area contributed by atoms with Crippen molar-refractivity contribution in [3.8, 4) is 0 Å². The average molecular weight is 311 g/mol. The number of carbonyl (C=O) groups excluding carboxylic acids is 1. The van der Waals surface area contributed by atoms with Crippen molar-refractivity contribution in [1.82, 2.24) is 4.90 Å². The number of benzene rings is 2. The predicted molar refractivity (Wildman–Crippen MR) is 78.0 cm³/mol. The van der Waals surface area contributed by atoms with Gasteiger partial charge in [-0.3, -0.25) is 4.79 Å². The van der Waals surface area contributed by atoms with Gasteiger partial charge in [0.15, 0.2) is 0 Å². The van der Waals surface area contributed by atoms with Gasteiger partial charge in [-0.15, -0.1) is 0 Å². The molecule has 0 bridgehead atoms. The lowest BCUT2D eigenvalue weighted by Crippen LogP contribution is -2.27. The minimum atomic E-state index is -0.680. The largest absolute Gasteiger partial charge is 0.399 e. The van der Waals surface area contributed by atoms with E-state index in [1.165, 1.54) is 42.3 Å². The molecule has 21 heavy (non-hydrogen) atoms. The molecule has 2 aromatic rings. The molecule has 6 heteroatoms. The number of nitrogen functional groups attached to an aromatic ring is 1. The van der Waals surface area contributed by atoms with Crippen LogP contribution in [-0.2, 0) is 6.54 Å². The number of halogens is 3. The lowest BCUT2D eigenvalue weighted by Gasteiger charge is -2.19. The monoisotopic (exact) mass is 310 g/mol. The van der Waals surface area contributed by atoms with Crippen molar-refractivity contribution in [3.05, 3.63) is 64.2 Å². The molecule has 0 atom stereocenters. The van der Waals surface area contributed by atoms with Crippen molar-refractivity contribution in [2.45, 2.75) is 6.54 Å². The van der Waals surface area contributed by atoms with Gasteiger partial charge in [0.25, 0.3) is 5.91 Å². The summed E-state index contributed by atoms with van der Waals surface area (Å²) in [5.41, 5.74) is 5.84. The van der Waals surface area contributed by atoms with E-state index in [4.69, 9.17) is 17.3 Å². The Morgan fingerprint density at radius 3 is 2.62 bits per heavy atom. The van der Waals surface area contributed by atoms with Crippen molar-refractivity contribution in [3.63, 3.8) is 0 Å². The standard InChI is InChI=1S/C15H13ClF2N2O/c1-20(8-11-12(16)3-2-4-13(11)17)15(21)10-7-9(19)5-6-14(10)18/h2-7H,8,19H2,1H3. The number of nitrogens with two attached hydrogens (primary N) is 1. The number of carbonyl (C=O) groups is 1. The van der Waals surface area contributed by atoms with Gasteiger partial charge in [0.2, 0.25) is 0 Å². The van der Waals surface area contributed by atoms with Crippen LogP contribution in [-0.4, -0.2) is 17.9 Å². The van der Waals surface area contributed by atoms with Crippen LogP contribution in [0.1, 0.15) is 15.9 Å². The van der Waals surface area contributed by atoms with Gasteiger partial charge in [0, 0.05) is 29.9 Å². The highest BCUT2D eigenvalue weighted by Gasteiger charge is 2.19. The highest BCUT2D eigenvalue weighted by molar-refractivity contribution is 6.31. The number of amides is 1. The van der Waals surface area contributed by atoms with Crippen LogP contribution >= 0.6 is 11.6 Å². The van der Waals surface area contributed by atoms with Crippen molar-refractivity contribution in [2.24, 2.45) is 0 Å². The minimum Gasteiger partial charge on any atom is -0.399 e. The first-order valence-corrected chi connectivity index (χ1v) is 6.51. The molecule has 0 heterocycles. The van der Waals surface area contributed by atoms with Crippen LogP contribution in [0, 0.1) is 11.6 Å². The Labute approximate surface area is 125 Å². The lowest BCUT2D eigenvalue weighted by atomic mass is 10.1. The van der Waals surface area contributed by atoms with E-state index in [-0.39, 0.29) is 28.4 Å². The molecule has 0 aliphatic carbocycles. The molecule has 0 unspecified atom stereocenters. The van der Waals surface area contributed by atoms with Gasteiger partial charge in [0.1, 0.15) is 11.6 Å². The highest BCUT2D eigenvalue weighted by Crippen LogP contribution is 2.22. The number of nitrogens with zero attached hydrogens (tertiary/aromatic N) is 1. The Balaban J connectivity index is 2.26. The molecule has 3 nitrogen and oxygen atoms in total. The first kappa shape index (κ1) is 15.3. The zero-order valence-corrected chi connectivity index (χ0v) is 12.0. The quantitative estimate of drug-likeness (QED) is 0.882. The maximum absolute atomic E-state index is 13.7. The summed E-state index contributed by atoms with van der Waals surface area (Å²) < 4.78 is 27.4. The topological polar surface area (TPSA) is 46.3 Å². The van der Waals surface area contributed by atoms with Crippen LogP contribution in [0.3, 0.4) is 0 Å². The summed E-state index contributed by atoms with van der Waals surface area (Å²) in [6.45, 7) is -0.0709. The minimum absolute atomic E-state index is 0.0709. The SMILES string of the molecule is CN(Cc1c(F)cccc1Cl)C(=O)c1cc(N)ccc1F. The van der Waals surface area contributed by atoms with E-state index in [1.54, 1.807) is 0 Å². The molecule has 0 fully saturated rings. The molecular formula is C15H13ClF2N2O. The second kappa shape index (κ2) is 6.10. The highest BCUT2D eigenvalue weighted by atomic mass is 35.5. The van der Waals surface area contributed by atoms with Crippen molar-refractivity contribution >= 4 is 23.2 Å². The summed E-state index contributed by atoms with van der Waals surface area (Å²) in [5, 5.41) is 0.211. The molecule has 0 saturated heterocycles. The van der Waals surface area contributed by atoms with Crippen molar-refractivity contribution in [1.29, 1.82) is 0 Å². The predicted octanol–water partition coefficient (Wildman–Crippen LogP) is 3.47. The van der Waals surface area contributed by atoms with Gasteiger partial charge >= 0.3 is 0 Å². The van der Waals surface area contributed by atoms with Gasteiger partial charge in [-0.05, 0) is 30.3 Å². The van der Waals surface area contributed by atoms with Gasteiger partial charge < -0.3 is 10.6 Å². The molecule has 0 aliphatic rings. The average Bonchev–Trinajstić information content (AvgIpc) is 2.44. The van der Waals surface area contributed by atoms with Gasteiger partial charge in [-0.2, -0.15) is 0 Å². The Kier molecular flexibility index (Phi) is 4.43. The zero-order valence-electron chi connectivity index (χ0n) is 11.2. The second-order valence-corrected chi connectivity index (χ2v) is 5.01. The number of anilines is 1. The Hall–Kier alpha value is -2.14. The smallest absolute Gasteiger partial charge is 0.256 e. The number of hydrogen-bond acceptors (Lipinski definition) is 2. The van der Waals surface area contributed by atoms with Crippen LogP contribution in [0.15, 0.2) is 36.4 Å². The normalized spacial score (nSPS) is 10.5. The van der Waals surface area contributed by atoms with E-state index in [9.17, 15) is 13.6 Å². The Morgan fingerprint density at radius 2 is 1.95 bits per heavy atom. The second-order valence-electron chi connectivity index (χ2n) is 4.60. The first-order valence-electron chi connectivity index (χ1n) is 6.13. The Bertz CT molecular complexity index is 671. The van der Waals surface area contributed by atoms with E-state index in [0.29, 0.717) is 0 Å². The third-order valence-electron chi connectivity index (χ3n) is 3.02. The lowest BCUT2D eigenvalue weighted by molar-refractivity contribution is 0.0779. The molecule has 2 N–H and O–H groups in total. The molecule has 0 spiro atoms. The summed E-state index contributed by atoms with van der Waals surface area (Å²) >= 11 is 5.91. The van der Waals surface area contributed by atoms with Crippen LogP contribution in [0.5, 0.6) is 0 Å². The van der Waals surface area contributed by atoms with E-state index in [1.807, 2.05) is 0 Å². The molecule has 0 aliphatic heterocycles. The van der Waals surface area contributed by atoms with E-state index in [0.717, 1.165) is 6.07 Å². The molecule has 2 aromatic carbocycles. The van der Waals surface area contributed by atoms with Crippen LogP contribution in [0.2, 0.25) is 5.02 Å². The molecule has 0 aromatic heterocycles. The maximum Gasteiger partial charge on any atom is 0.256 e. The molecule has 0 radical (unpaired) electrons. The number of rotatable bonds is 3. The van der Waals surface area contributed by atoms with Gasteiger partial charge in [0.05, 0.1) is 5.56 Å². The Morgan fingerprint density at radius 1 is 1.24 bits per heavy atom. The van der Waals surface area contributed by atoms with Gasteiger partial charge in [-0.1, -0.05) is 17.7 Å². The van der Waals surface area contributed by atoms with Crippen LogP contribution in [0.25, 0.3) is 0 Å². The third-order valence-corrected chi connectivity index (χ3v) is 3.38. The first-order chi connectivity index (χ1) is 9.90. The maximum atomic E-state index is 13.7. The van der Waals surface area contributed by atoms with Crippen LogP contribution < -0.4 is 5.73 Å². The molecule has 110 valence electrons. The summed E-state index contributed by atoms with van der Waals surface area (Å²) in [6.07, 6.45) is 0. The zero-order chi connectivity index (χ0) is 15.6. The van der Waals surface area contributed by atoms with Gasteiger partial charge in [-0.25, -0.2) is 8.78 Å². The van der Waals surface area contributed by atoms with Crippen LogP contribution in [0.4, 0.5) is 14.5 Å². The molecule has 0 saturated carbocycles. The fraction of sp³-hybridized carbons (Fsp3) is 0.133. The number of hydrogen-bond donors (Lipinski definition) is 1.